The summed E-state index contributed by atoms with van der Waals surface area (Å²) in [7, 11) is 5.70. The molecule has 1 aromatic rings. The lowest BCUT2D eigenvalue weighted by Crippen LogP contribution is -2.39. The molecule has 0 bridgehead atoms. The van der Waals surface area contributed by atoms with Gasteiger partial charge in [-0.15, -0.1) is 0 Å². The van der Waals surface area contributed by atoms with Crippen molar-refractivity contribution in [3.63, 3.8) is 0 Å². The SMILES string of the molecule is CC[C@@](O)(c1cccc(OC)c1)[C@H](C)CN(C)C.O=C(O)[C@@H](O)[C@H](O)C(=O)O. The third kappa shape index (κ3) is 7.43. The Hall–Kier alpha value is -2.20. The molecule has 1 aromatic carbocycles. The van der Waals surface area contributed by atoms with Crippen molar-refractivity contribution < 1.29 is 39.9 Å². The minimum atomic E-state index is -2.27. The molecule has 0 aliphatic carbocycles. The first kappa shape index (κ1) is 25.8. The maximum absolute atomic E-state index is 10.9. The molecule has 5 N–H and O–H groups in total. The van der Waals surface area contributed by atoms with E-state index in [0.29, 0.717) is 6.42 Å². The minimum Gasteiger partial charge on any atom is -0.497 e. The van der Waals surface area contributed by atoms with Crippen LogP contribution in [0.3, 0.4) is 0 Å². The fraction of sp³-hybridized carbons (Fsp3) is 0.579. The Morgan fingerprint density at radius 3 is 2.00 bits per heavy atom. The highest BCUT2D eigenvalue weighted by Gasteiger charge is 2.34. The molecule has 0 saturated heterocycles. The van der Waals surface area contributed by atoms with E-state index < -0.39 is 29.7 Å². The highest BCUT2D eigenvalue weighted by molar-refractivity contribution is 5.83. The topological polar surface area (TPSA) is 148 Å². The molecule has 9 heteroatoms. The summed E-state index contributed by atoms with van der Waals surface area (Å²) in [5.74, 6) is -2.59. The van der Waals surface area contributed by atoms with Gasteiger partial charge in [-0.1, -0.05) is 26.0 Å². The van der Waals surface area contributed by atoms with E-state index in [-0.39, 0.29) is 5.92 Å². The van der Waals surface area contributed by atoms with Crippen molar-refractivity contribution in [2.75, 3.05) is 27.7 Å². The second kappa shape index (κ2) is 11.6. The fourth-order valence-electron chi connectivity index (χ4n) is 2.70. The predicted octanol–water partition coefficient (Wildman–Crippen LogP) is 0.368. The molecule has 0 aliphatic heterocycles. The standard InChI is InChI=1S/C15H25NO2.C4H6O6/c1-6-15(17,12(2)11-16(3)4)13-8-7-9-14(10-13)18-5;5-1(3(7)8)2(6)4(9)10/h7-10,12,17H,6,11H2,1-5H3;1-2,5-6H,(H,7,8)(H,9,10)/t12-,15+;1-,2-/m10/s1. The van der Waals surface area contributed by atoms with E-state index in [1.54, 1.807) is 7.11 Å². The summed E-state index contributed by atoms with van der Waals surface area (Å²) in [6.07, 6.45) is -3.84. The Labute approximate surface area is 164 Å². The highest BCUT2D eigenvalue weighted by Crippen LogP contribution is 2.34. The monoisotopic (exact) mass is 401 g/mol. The van der Waals surface area contributed by atoms with Crippen LogP contribution < -0.4 is 4.74 Å². The molecule has 0 heterocycles. The number of aliphatic hydroxyl groups is 3. The van der Waals surface area contributed by atoms with Crippen LogP contribution in [0.15, 0.2) is 24.3 Å². The van der Waals surface area contributed by atoms with Gasteiger partial charge in [0.1, 0.15) is 5.75 Å². The Kier molecular flexibility index (Phi) is 10.7. The molecule has 0 amide bonds. The lowest BCUT2D eigenvalue weighted by Gasteiger charge is -2.35. The van der Waals surface area contributed by atoms with Crippen LogP contribution in [0.5, 0.6) is 5.75 Å². The second-order valence-electron chi connectivity index (χ2n) is 6.74. The van der Waals surface area contributed by atoms with Gasteiger partial charge in [0.2, 0.25) is 0 Å². The predicted molar refractivity (Wildman–Crippen MR) is 102 cm³/mol. The zero-order valence-electron chi connectivity index (χ0n) is 16.9. The lowest BCUT2D eigenvalue weighted by molar-refractivity contribution is -0.165. The summed E-state index contributed by atoms with van der Waals surface area (Å²) in [4.78, 5) is 21.6. The van der Waals surface area contributed by atoms with E-state index in [2.05, 4.69) is 11.8 Å². The number of aliphatic carboxylic acids is 2. The van der Waals surface area contributed by atoms with Gasteiger partial charge in [0, 0.05) is 12.5 Å². The highest BCUT2D eigenvalue weighted by atomic mass is 16.5. The largest absolute Gasteiger partial charge is 0.497 e. The molecule has 0 saturated carbocycles. The number of carboxylic acid groups (broad SMARTS) is 2. The normalized spacial score (nSPS) is 16.2. The number of ether oxygens (including phenoxy) is 1. The molecule has 0 aromatic heterocycles. The van der Waals surface area contributed by atoms with Gasteiger partial charge in [-0.25, -0.2) is 9.59 Å². The van der Waals surface area contributed by atoms with Crippen molar-refractivity contribution in [3.8, 4) is 5.75 Å². The molecule has 1 rings (SSSR count). The van der Waals surface area contributed by atoms with E-state index in [4.69, 9.17) is 25.2 Å². The molecule has 9 nitrogen and oxygen atoms in total. The maximum Gasteiger partial charge on any atom is 0.335 e. The average molecular weight is 401 g/mol. The fourth-order valence-corrected chi connectivity index (χ4v) is 2.70. The summed E-state index contributed by atoms with van der Waals surface area (Å²) >= 11 is 0. The third-order valence-electron chi connectivity index (χ3n) is 4.37. The van der Waals surface area contributed by atoms with E-state index >= 15 is 0 Å². The number of aliphatic hydroxyl groups excluding tert-OH is 2. The van der Waals surface area contributed by atoms with Crippen molar-refractivity contribution in [2.45, 2.75) is 38.1 Å². The molecule has 160 valence electrons. The summed E-state index contributed by atoms with van der Waals surface area (Å²) in [6.45, 7) is 4.95. The number of hydrogen-bond donors (Lipinski definition) is 5. The smallest absolute Gasteiger partial charge is 0.335 e. The Morgan fingerprint density at radius 1 is 1.14 bits per heavy atom. The number of carboxylic acids is 2. The molecule has 4 atom stereocenters. The molecule has 0 unspecified atom stereocenters. The molecule has 0 spiro atoms. The van der Waals surface area contributed by atoms with Crippen LogP contribution in [-0.2, 0) is 15.2 Å². The Balaban J connectivity index is 0.000000621. The number of benzene rings is 1. The van der Waals surface area contributed by atoms with Gasteiger partial charge in [0.25, 0.3) is 0 Å². The van der Waals surface area contributed by atoms with Gasteiger partial charge in [-0.2, -0.15) is 0 Å². The summed E-state index contributed by atoms with van der Waals surface area (Å²) in [5, 5.41) is 43.5. The van der Waals surface area contributed by atoms with Crippen LogP contribution in [0.1, 0.15) is 25.8 Å². The Bertz CT molecular complexity index is 618. The van der Waals surface area contributed by atoms with Crippen molar-refractivity contribution in [2.24, 2.45) is 5.92 Å². The molecule has 0 aliphatic rings. The first-order chi connectivity index (χ1) is 12.9. The summed E-state index contributed by atoms with van der Waals surface area (Å²) < 4.78 is 5.23. The average Bonchev–Trinajstić information content (AvgIpc) is 2.65. The zero-order chi connectivity index (χ0) is 22.1. The van der Waals surface area contributed by atoms with Crippen molar-refractivity contribution in [1.82, 2.24) is 4.90 Å². The number of hydrogen-bond acceptors (Lipinski definition) is 7. The third-order valence-corrected chi connectivity index (χ3v) is 4.37. The van der Waals surface area contributed by atoms with Crippen molar-refractivity contribution in [3.05, 3.63) is 29.8 Å². The molecule has 28 heavy (non-hydrogen) atoms. The van der Waals surface area contributed by atoms with Gasteiger partial charge in [-0.05, 0) is 38.2 Å². The molecular formula is C19H31NO8. The second-order valence-corrected chi connectivity index (χ2v) is 6.74. The van der Waals surface area contributed by atoms with Crippen LogP contribution in [0.4, 0.5) is 0 Å². The van der Waals surface area contributed by atoms with Crippen LogP contribution in [0.2, 0.25) is 0 Å². The molecule has 0 fully saturated rings. The Morgan fingerprint density at radius 2 is 1.64 bits per heavy atom. The molecule has 0 radical (unpaired) electrons. The van der Waals surface area contributed by atoms with E-state index in [1.165, 1.54) is 0 Å². The van der Waals surface area contributed by atoms with Crippen LogP contribution >= 0.6 is 0 Å². The number of carbonyl (C=O) groups is 2. The van der Waals surface area contributed by atoms with E-state index in [9.17, 15) is 14.7 Å². The zero-order valence-corrected chi connectivity index (χ0v) is 16.9. The van der Waals surface area contributed by atoms with E-state index in [1.807, 2.05) is 45.3 Å². The van der Waals surface area contributed by atoms with Crippen molar-refractivity contribution in [1.29, 1.82) is 0 Å². The maximum atomic E-state index is 10.9. The van der Waals surface area contributed by atoms with E-state index in [0.717, 1.165) is 17.9 Å². The lowest BCUT2D eigenvalue weighted by atomic mass is 9.80. The van der Waals surface area contributed by atoms with Gasteiger partial charge in [-0.3, -0.25) is 0 Å². The summed E-state index contributed by atoms with van der Waals surface area (Å²) in [6, 6.07) is 7.72. The first-order valence-electron chi connectivity index (χ1n) is 8.74. The van der Waals surface area contributed by atoms with Crippen LogP contribution in [0.25, 0.3) is 0 Å². The summed E-state index contributed by atoms with van der Waals surface area (Å²) in [5.41, 5.74) is 0.123. The minimum absolute atomic E-state index is 0.157. The number of rotatable bonds is 9. The van der Waals surface area contributed by atoms with Crippen LogP contribution in [-0.4, -0.2) is 82.3 Å². The first-order valence-corrected chi connectivity index (χ1v) is 8.74. The number of nitrogens with zero attached hydrogens (tertiary/aromatic N) is 1. The number of methoxy groups -OCH3 is 1. The van der Waals surface area contributed by atoms with Gasteiger partial charge in [0.05, 0.1) is 12.7 Å². The van der Waals surface area contributed by atoms with Crippen LogP contribution in [0, 0.1) is 5.92 Å². The quantitative estimate of drug-likeness (QED) is 0.396. The molecular weight excluding hydrogens is 370 g/mol. The van der Waals surface area contributed by atoms with Crippen molar-refractivity contribution >= 4 is 11.9 Å². The van der Waals surface area contributed by atoms with Gasteiger partial charge in [0.15, 0.2) is 12.2 Å². The van der Waals surface area contributed by atoms with Gasteiger partial charge >= 0.3 is 11.9 Å². The van der Waals surface area contributed by atoms with Gasteiger partial charge < -0.3 is 35.2 Å².